The summed E-state index contributed by atoms with van der Waals surface area (Å²) in [6, 6.07) is 16.0. The Balaban J connectivity index is 1.34. The Morgan fingerprint density at radius 2 is 1.56 bits per heavy atom. The molecule has 3 aliphatic rings. The van der Waals surface area contributed by atoms with Crippen LogP contribution in [0.4, 0.5) is 16.2 Å². The molecule has 10 heteroatoms. The molecule has 0 aliphatic carbocycles. The maximum atomic E-state index is 13.4. The normalized spacial score (nSPS) is 19.6. The molecule has 2 amide bonds. The van der Waals surface area contributed by atoms with Crippen LogP contribution in [0.3, 0.4) is 0 Å². The van der Waals surface area contributed by atoms with Crippen molar-refractivity contribution >= 4 is 34.3 Å². The molecule has 3 aromatic carbocycles. The lowest BCUT2D eigenvalue weighted by Crippen LogP contribution is -2.29. The van der Waals surface area contributed by atoms with Gasteiger partial charge in [0.1, 0.15) is 38.3 Å². The van der Waals surface area contributed by atoms with Gasteiger partial charge < -0.3 is 23.9 Å². The van der Waals surface area contributed by atoms with Gasteiger partial charge in [0.25, 0.3) is 0 Å². The van der Waals surface area contributed by atoms with E-state index in [-0.39, 0.29) is 6.03 Å². The SMILES string of the molecule is O=C1NC(=Nc2ccc3c(c2)OCCO3)C(c2ccc3c(c2)OCCO3)N1c1ccc2nc[nH]c2c1. The number of fused-ring (bicyclic) bond motifs is 3. The molecule has 0 saturated carbocycles. The van der Waals surface area contributed by atoms with Crippen molar-refractivity contribution in [2.24, 2.45) is 4.99 Å². The zero-order valence-corrected chi connectivity index (χ0v) is 19.1. The first kappa shape index (κ1) is 20.6. The van der Waals surface area contributed by atoms with Gasteiger partial charge in [-0.05, 0) is 48.0 Å². The van der Waals surface area contributed by atoms with Crippen molar-refractivity contribution in [3.8, 4) is 23.0 Å². The van der Waals surface area contributed by atoms with Crippen molar-refractivity contribution in [1.29, 1.82) is 0 Å². The summed E-state index contributed by atoms with van der Waals surface area (Å²) in [6.07, 6.45) is 1.63. The lowest BCUT2D eigenvalue weighted by Gasteiger charge is -2.25. The molecule has 180 valence electrons. The number of aromatic amines is 1. The maximum Gasteiger partial charge on any atom is 0.328 e. The number of anilines is 1. The molecular formula is C26H21N5O5. The van der Waals surface area contributed by atoms with E-state index in [4.69, 9.17) is 23.9 Å². The number of carbonyl (C=O) groups excluding carboxylic acids is 1. The standard InChI is InChI=1S/C26H21N5O5/c32-26-30-25(29-16-2-6-21-23(12-16)36-10-8-34-21)24(15-1-5-20-22(11-15)35-9-7-33-20)31(26)17-3-4-18-19(13-17)28-14-27-18/h1-6,11-14,24H,7-10H2,(H,27,28)(H,29,30,32). The number of rotatable bonds is 3. The van der Waals surface area contributed by atoms with Crippen molar-refractivity contribution in [2.75, 3.05) is 31.3 Å². The fourth-order valence-corrected chi connectivity index (χ4v) is 4.68. The number of H-pyrrole nitrogens is 1. The molecule has 4 aromatic rings. The second-order valence-electron chi connectivity index (χ2n) is 8.53. The molecule has 0 radical (unpaired) electrons. The van der Waals surface area contributed by atoms with Gasteiger partial charge >= 0.3 is 6.03 Å². The van der Waals surface area contributed by atoms with Crippen molar-refractivity contribution in [2.45, 2.75) is 6.04 Å². The number of ether oxygens (including phenoxy) is 4. The van der Waals surface area contributed by atoms with E-state index in [1.54, 1.807) is 11.2 Å². The number of hydrogen-bond acceptors (Lipinski definition) is 7. The molecule has 3 aliphatic heterocycles. The predicted octanol–water partition coefficient (Wildman–Crippen LogP) is 4.11. The van der Waals surface area contributed by atoms with Crippen LogP contribution in [-0.2, 0) is 0 Å². The van der Waals surface area contributed by atoms with Crippen LogP contribution < -0.4 is 29.2 Å². The molecule has 1 fully saturated rings. The fourth-order valence-electron chi connectivity index (χ4n) is 4.68. The molecule has 10 nitrogen and oxygen atoms in total. The molecule has 0 bridgehead atoms. The highest BCUT2D eigenvalue weighted by Crippen LogP contribution is 2.40. The first-order chi connectivity index (χ1) is 17.7. The smallest absolute Gasteiger partial charge is 0.328 e. The van der Waals surface area contributed by atoms with E-state index < -0.39 is 6.04 Å². The first-order valence-electron chi connectivity index (χ1n) is 11.6. The summed E-state index contributed by atoms with van der Waals surface area (Å²) >= 11 is 0. The van der Waals surface area contributed by atoms with E-state index in [0.717, 1.165) is 16.6 Å². The number of benzene rings is 3. The number of nitrogens with one attached hydrogen (secondary N) is 2. The van der Waals surface area contributed by atoms with Crippen molar-refractivity contribution in [3.63, 3.8) is 0 Å². The molecule has 36 heavy (non-hydrogen) atoms. The Bertz CT molecular complexity index is 1530. The Labute approximate surface area is 205 Å². The zero-order chi connectivity index (χ0) is 24.1. The third kappa shape index (κ3) is 3.46. The number of amides is 2. The van der Waals surface area contributed by atoms with E-state index in [9.17, 15) is 4.79 Å². The molecule has 1 aromatic heterocycles. The highest BCUT2D eigenvalue weighted by atomic mass is 16.6. The highest BCUT2D eigenvalue weighted by Gasteiger charge is 2.39. The van der Waals surface area contributed by atoms with E-state index >= 15 is 0 Å². The van der Waals surface area contributed by atoms with Gasteiger partial charge in [-0.15, -0.1) is 0 Å². The van der Waals surface area contributed by atoms with Crippen molar-refractivity contribution in [1.82, 2.24) is 15.3 Å². The van der Waals surface area contributed by atoms with Crippen LogP contribution in [0.15, 0.2) is 65.9 Å². The van der Waals surface area contributed by atoms with Crippen molar-refractivity contribution < 1.29 is 23.7 Å². The second-order valence-corrected chi connectivity index (χ2v) is 8.53. The lowest BCUT2D eigenvalue weighted by molar-refractivity contribution is 0.171. The molecule has 1 saturated heterocycles. The van der Waals surface area contributed by atoms with Gasteiger partial charge in [0.05, 0.1) is 23.0 Å². The topological polar surface area (TPSA) is 110 Å². The average molecular weight is 483 g/mol. The summed E-state index contributed by atoms with van der Waals surface area (Å²) in [6.45, 7) is 1.96. The largest absolute Gasteiger partial charge is 0.486 e. The van der Waals surface area contributed by atoms with Gasteiger partial charge in [0.15, 0.2) is 23.0 Å². The Morgan fingerprint density at radius 1 is 0.833 bits per heavy atom. The van der Waals surface area contributed by atoms with Crippen LogP contribution in [0.2, 0.25) is 0 Å². The van der Waals surface area contributed by atoms with Crippen molar-refractivity contribution in [3.05, 3.63) is 66.5 Å². The highest BCUT2D eigenvalue weighted by molar-refractivity contribution is 6.17. The van der Waals surface area contributed by atoms with Crippen LogP contribution >= 0.6 is 0 Å². The first-order valence-corrected chi connectivity index (χ1v) is 11.6. The minimum atomic E-state index is -0.526. The van der Waals surface area contributed by atoms with Crippen LogP contribution in [0.5, 0.6) is 23.0 Å². The third-order valence-electron chi connectivity index (χ3n) is 6.31. The number of urea groups is 1. The Hall–Kier alpha value is -4.73. The average Bonchev–Trinajstić information content (AvgIpc) is 3.51. The number of aliphatic imine (C=N–C) groups is 1. The summed E-state index contributed by atoms with van der Waals surface area (Å²) < 4.78 is 22.9. The minimum Gasteiger partial charge on any atom is -0.486 e. The molecule has 1 unspecified atom stereocenters. The molecular weight excluding hydrogens is 462 g/mol. The zero-order valence-electron chi connectivity index (χ0n) is 19.1. The fraction of sp³-hybridized carbons (Fsp3) is 0.192. The number of amidine groups is 1. The van der Waals surface area contributed by atoms with Gasteiger partial charge in [0.2, 0.25) is 0 Å². The third-order valence-corrected chi connectivity index (χ3v) is 6.31. The van der Waals surface area contributed by atoms with Crippen LogP contribution in [0.1, 0.15) is 11.6 Å². The molecule has 7 rings (SSSR count). The summed E-state index contributed by atoms with van der Waals surface area (Å²) in [4.78, 5) is 27.3. The van der Waals surface area contributed by atoms with Crippen LogP contribution in [-0.4, -0.2) is 48.3 Å². The predicted molar refractivity (Wildman–Crippen MR) is 132 cm³/mol. The minimum absolute atomic E-state index is 0.287. The molecule has 0 spiro atoms. The van der Waals surface area contributed by atoms with E-state index in [2.05, 4.69) is 15.3 Å². The number of nitrogens with zero attached hydrogens (tertiary/aromatic N) is 3. The van der Waals surface area contributed by atoms with Gasteiger partial charge in [-0.3, -0.25) is 10.2 Å². The Morgan fingerprint density at radius 3 is 2.36 bits per heavy atom. The van der Waals surface area contributed by atoms with Gasteiger partial charge in [-0.1, -0.05) is 6.07 Å². The van der Waals surface area contributed by atoms with E-state index in [1.807, 2.05) is 54.6 Å². The van der Waals surface area contributed by atoms with Gasteiger partial charge in [-0.2, -0.15) is 0 Å². The number of carbonyl (C=O) groups is 1. The number of hydrogen-bond donors (Lipinski definition) is 2. The monoisotopic (exact) mass is 483 g/mol. The van der Waals surface area contributed by atoms with Gasteiger partial charge in [0, 0.05) is 11.8 Å². The number of imidazole rings is 1. The number of aromatic nitrogens is 2. The quantitative estimate of drug-likeness (QED) is 0.454. The van der Waals surface area contributed by atoms with Crippen LogP contribution in [0, 0.1) is 0 Å². The molecule has 4 heterocycles. The van der Waals surface area contributed by atoms with Gasteiger partial charge in [-0.25, -0.2) is 14.8 Å². The maximum absolute atomic E-state index is 13.4. The van der Waals surface area contributed by atoms with E-state index in [1.165, 1.54) is 0 Å². The van der Waals surface area contributed by atoms with Crippen LogP contribution in [0.25, 0.3) is 11.0 Å². The molecule has 1 atom stereocenters. The Kier molecular flexibility index (Phi) is 4.69. The summed E-state index contributed by atoms with van der Waals surface area (Å²) in [5, 5.41) is 2.97. The summed E-state index contributed by atoms with van der Waals surface area (Å²) in [5.74, 6) is 3.11. The summed E-state index contributed by atoms with van der Waals surface area (Å²) in [7, 11) is 0. The second kappa shape index (κ2) is 8.19. The summed E-state index contributed by atoms with van der Waals surface area (Å²) in [5.41, 5.74) is 3.83. The lowest BCUT2D eigenvalue weighted by atomic mass is 10.0. The molecule has 2 N–H and O–H groups in total. The van der Waals surface area contributed by atoms with E-state index in [0.29, 0.717) is 66.6 Å².